The van der Waals surface area contributed by atoms with Gasteiger partial charge < -0.3 is 4.18 Å². The number of aryl methyl sites for hydroxylation is 2. The Morgan fingerprint density at radius 2 is 1.71 bits per heavy atom. The van der Waals surface area contributed by atoms with Gasteiger partial charge in [0, 0.05) is 0 Å². The van der Waals surface area contributed by atoms with E-state index < -0.39 is 20.8 Å². The maximum Gasteiger partial charge on any atom is 0.465 e. The number of rotatable bonds is 4. The molecule has 0 amide bonds. The SMILES string of the molecule is Cc1ccc(OS(=O)(=O)OS(=O)(=O)O)c(C)c1. The van der Waals surface area contributed by atoms with Crippen molar-refractivity contribution in [2.75, 3.05) is 0 Å². The van der Waals surface area contributed by atoms with Crippen molar-refractivity contribution < 1.29 is 29.2 Å². The summed E-state index contributed by atoms with van der Waals surface area (Å²) >= 11 is 0. The quantitative estimate of drug-likeness (QED) is 0.812. The first kappa shape index (κ1) is 13.9. The maximum absolute atomic E-state index is 11.1. The Kier molecular flexibility index (Phi) is 3.77. The predicted octanol–water partition coefficient (Wildman–Crippen LogP) is 0.746. The van der Waals surface area contributed by atoms with E-state index in [1.165, 1.54) is 6.07 Å². The zero-order chi connectivity index (χ0) is 13.3. The number of hydrogen-bond acceptors (Lipinski definition) is 6. The van der Waals surface area contributed by atoms with Crippen molar-refractivity contribution in [3.8, 4) is 5.75 Å². The second-order valence-corrected chi connectivity index (χ2v) is 5.64. The van der Waals surface area contributed by atoms with Gasteiger partial charge in [0.15, 0.2) is 0 Å². The summed E-state index contributed by atoms with van der Waals surface area (Å²) < 4.78 is 58.6. The van der Waals surface area contributed by atoms with E-state index in [1.54, 1.807) is 26.0 Å². The van der Waals surface area contributed by atoms with Gasteiger partial charge >= 0.3 is 20.8 Å². The van der Waals surface area contributed by atoms with Crippen LogP contribution in [-0.2, 0) is 24.4 Å². The van der Waals surface area contributed by atoms with Crippen molar-refractivity contribution in [3.05, 3.63) is 29.3 Å². The molecule has 96 valence electrons. The lowest BCUT2D eigenvalue weighted by molar-refractivity contribution is 0.347. The topological polar surface area (TPSA) is 107 Å². The van der Waals surface area contributed by atoms with Crippen LogP contribution in [0.3, 0.4) is 0 Å². The highest BCUT2D eigenvalue weighted by Gasteiger charge is 2.23. The summed E-state index contributed by atoms with van der Waals surface area (Å²) in [4.78, 5) is 0. The van der Waals surface area contributed by atoms with Crippen LogP contribution in [0.4, 0.5) is 0 Å². The van der Waals surface area contributed by atoms with Crippen LogP contribution in [0.15, 0.2) is 18.2 Å². The molecule has 0 unspecified atom stereocenters. The zero-order valence-corrected chi connectivity index (χ0v) is 10.6. The maximum atomic E-state index is 11.1. The fourth-order valence-corrected chi connectivity index (χ4v) is 2.48. The molecule has 0 spiro atoms. The summed E-state index contributed by atoms with van der Waals surface area (Å²) in [7, 11) is -10.0. The summed E-state index contributed by atoms with van der Waals surface area (Å²) in [5, 5.41) is 0. The van der Waals surface area contributed by atoms with Gasteiger partial charge in [-0.15, -0.1) is 0 Å². The third kappa shape index (κ3) is 4.69. The predicted molar refractivity (Wildman–Crippen MR) is 58.1 cm³/mol. The Morgan fingerprint density at radius 1 is 1.12 bits per heavy atom. The minimum absolute atomic E-state index is 0.0840. The smallest absolute Gasteiger partial charge is 0.361 e. The van der Waals surface area contributed by atoms with Gasteiger partial charge in [-0.25, -0.2) is 0 Å². The third-order valence-electron chi connectivity index (χ3n) is 1.69. The van der Waals surface area contributed by atoms with E-state index >= 15 is 0 Å². The number of hydrogen-bond donors (Lipinski definition) is 1. The summed E-state index contributed by atoms with van der Waals surface area (Å²) in [6.45, 7) is 3.37. The fourth-order valence-electron chi connectivity index (χ4n) is 1.12. The van der Waals surface area contributed by atoms with E-state index in [2.05, 4.69) is 7.81 Å². The molecule has 0 aliphatic rings. The first-order chi connectivity index (χ1) is 7.59. The van der Waals surface area contributed by atoms with Crippen LogP contribution in [0.5, 0.6) is 5.75 Å². The number of benzene rings is 1. The molecule has 0 aliphatic carbocycles. The van der Waals surface area contributed by atoms with E-state index in [4.69, 9.17) is 4.55 Å². The van der Waals surface area contributed by atoms with Crippen molar-refractivity contribution in [2.45, 2.75) is 13.8 Å². The molecular formula is C8H10O7S2. The molecule has 0 saturated carbocycles. The van der Waals surface area contributed by atoms with Crippen molar-refractivity contribution in [1.29, 1.82) is 0 Å². The Labute approximate surface area is 99.3 Å². The molecule has 0 saturated heterocycles. The highest BCUT2D eigenvalue weighted by molar-refractivity contribution is 7.95. The van der Waals surface area contributed by atoms with Crippen molar-refractivity contribution >= 4 is 20.8 Å². The minimum Gasteiger partial charge on any atom is -0.361 e. The molecule has 0 aromatic heterocycles. The molecule has 7 nitrogen and oxygen atoms in total. The second-order valence-electron chi connectivity index (χ2n) is 3.26. The summed E-state index contributed by atoms with van der Waals surface area (Å²) in [6.07, 6.45) is 0. The van der Waals surface area contributed by atoms with Crippen LogP contribution >= 0.6 is 0 Å². The molecule has 0 atom stereocenters. The molecule has 0 fully saturated rings. The lowest BCUT2D eigenvalue weighted by atomic mass is 10.1. The van der Waals surface area contributed by atoms with Gasteiger partial charge in [0.05, 0.1) is 0 Å². The van der Waals surface area contributed by atoms with Crippen LogP contribution < -0.4 is 4.18 Å². The Hall–Kier alpha value is -1.16. The molecule has 0 heterocycles. The van der Waals surface area contributed by atoms with E-state index in [0.717, 1.165) is 5.56 Å². The average molecular weight is 282 g/mol. The minimum atomic E-state index is -5.14. The van der Waals surface area contributed by atoms with Crippen molar-refractivity contribution in [1.82, 2.24) is 0 Å². The average Bonchev–Trinajstić information content (AvgIpc) is 2.05. The van der Waals surface area contributed by atoms with Gasteiger partial charge in [-0.2, -0.15) is 16.8 Å². The third-order valence-corrected chi connectivity index (χ3v) is 3.43. The van der Waals surface area contributed by atoms with E-state index in [1.807, 2.05) is 0 Å². The monoisotopic (exact) mass is 282 g/mol. The van der Waals surface area contributed by atoms with Crippen LogP contribution in [0, 0.1) is 13.8 Å². The molecule has 1 rings (SSSR count). The van der Waals surface area contributed by atoms with Gasteiger partial charge in [-0.05, 0) is 25.5 Å². The summed E-state index contributed by atoms with van der Waals surface area (Å²) in [5.74, 6) is -0.0840. The van der Waals surface area contributed by atoms with Crippen LogP contribution in [-0.4, -0.2) is 21.4 Å². The van der Waals surface area contributed by atoms with Crippen molar-refractivity contribution in [3.63, 3.8) is 0 Å². The molecule has 0 radical (unpaired) electrons. The van der Waals surface area contributed by atoms with Crippen molar-refractivity contribution in [2.24, 2.45) is 0 Å². The highest BCUT2D eigenvalue weighted by Crippen LogP contribution is 2.21. The molecular weight excluding hydrogens is 272 g/mol. The molecule has 9 heteroatoms. The largest absolute Gasteiger partial charge is 0.465 e. The standard InChI is InChI=1S/C8H10O7S2/c1-6-3-4-8(7(2)5-6)14-17(12,13)15-16(9,10)11/h3-5H,1-2H3,(H,9,10,11). The Balaban J connectivity index is 2.99. The normalized spacial score (nSPS) is 12.4. The Morgan fingerprint density at radius 3 is 2.18 bits per heavy atom. The Bertz CT molecular complexity index is 615. The lowest BCUT2D eigenvalue weighted by Gasteiger charge is -2.07. The van der Waals surface area contributed by atoms with E-state index in [9.17, 15) is 16.8 Å². The van der Waals surface area contributed by atoms with E-state index in [-0.39, 0.29) is 5.75 Å². The lowest BCUT2D eigenvalue weighted by Crippen LogP contribution is -2.18. The van der Waals surface area contributed by atoms with Crippen LogP contribution in [0.1, 0.15) is 11.1 Å². The molecule has 1 aromatic carbocycles. The van der Waals surface area contributed by atoms with Gasteiger partial charge in [-0.1, -0.05) is 21.3 Å². The fraction of sp³-hybridized carbons (Fsp3) is 0.250. The van der Waals surface area contributed by atoms with Crippen LogP contribution in [0.25, 0.3) is 0 Å². The zero-order valence-electron chi connectivity index (χ0n) is 8.95. The molecule has 1 N–H and O–H groups in total. The van der Waals surface area contributed by atoms with Gasteiger partial charge in [0.2, 0.25) is 0 Å². The molecule has 0 aliphatic heterocycles. The molecule has 1 aromatic rings. The first-order valence-electron chi connectivity index (χ1n) is 4.29. The van der Waals surface area contributed by atoms with Gasteiger partial charge in [0.1, 0.15) is 5.75 Å². The molecule has 0 bridgehead atoms. The van der Waals surface area contributed by atoms with Gasteiger partial charge in [-0.3, -0.25) is 4.55 Å². The highest BCUT2D eigenvalue weighted by atomic mass is 32.3. The van der Waals surface area contributed by atoms with Crippen LogP contribution in [0.2, 0.25) is 0 Å². The first-order valence-corrected chi connectivity index (χ1v) is 6.99. The molecule has 17 heavy (non-hydrogen) atoms. The summed E-state index contributed by atoms with van der Waals surface area (Å²) in [5.41, 5.74) is 1.36. The summed E-state index contributed by atoms with van der Waals surface area (Å²) in [6, 6.07) is 4.55. The van der Waals surface area contributed by atoms with Gasteiger partial charge in [0.25, 0.3) is 0 Å². The second kappa shape index (κ2) is 4.61. The van der Waals surface area contributed by atoms with E-state index in [0.29, 0.717) is 5.56 Å².